The Balaban J connectivity index is 1.64. The van der Waals surface area contributed by atoms with E-state index >= 15 is 0 Å². The van der Waals surface area contributed by atoms with Gasteiger partial charge in [0.2, 0.25) is 5.91 Å². The van der Waals surface area contributed by atoms with Crippen molar-refractivity contribution in [2.45, 2.75) is 18.1 Å². The number of nitrogens with one attached hydrogen (secondary N) is 1. The molecule has 0 fully saturated rings. The number of thiophene rings is 1. The SMILES string of the molecule is C=CCn1c(Cc2cccs2)nnc1SCC(=O)Nc1ccccc1. The lowest BCUT2D eigenvalue weighted by Gasteiger charge is -2.07. The van der Waals surface area contributed by atoms with Crippen LogP contribution in [0.1, 0.15) is 10.7 Å². The molecule has 0 bridgehead atoms. The number of thioether (sulfide) groups is 1. The van der Waals surface area contributed by atoms with Gasteiger partial charge in [-0.15, -0.1) is 28.1 Å². The zero-order valence-corrected chi connectivity index (χ0v) is 15.2. The normalized spacial score (nSPS) is 10.6. The Morgan fingerprint density at radius 2 is 2.08 bits per heavy atom. The molecule has 0 unspecified atom stereocenters. The van der Waals surface area contributed by atoms with E-state index in [1.807, 2.05) is 52.4 Å². The summed E-state index contributed by atoms with van der Waals surface area (Å²) < 4.78 is 2.01. The minimum absolute atomic E-state index is 0.0656. The van der Waals surface area contributed by atoms with E-state index in [-0.39, 0.29) is 11.7 Å². The van der Waals surface area contributed by atoms with Gasteiger partial charge in [-0.3, -0.25) is 4.79 Å². The molecule has 0 aliphatic carbocycles. The second-order valence-electron chi connectivity index (χ2n) is 5.26. The number of hydrogen-bond acceptors (Lipinski definition) is 5. The molecule has 7 heteroatoms. The lowest BCUT2D eigenvalue weighted by Crippen LogP contribution is -2.14. The van der Waals surface area contributed by atoms with E-state index in [2.05, 4.69) is 28.2 Å². The third-order valence-electron chi connectivity index (χ3n) is 3.41. The predicted octanol–water partition coefficient (Wildman–Crippen LogP) is 3.85. The van der Waals surface area contributed by atoms with Gasteiger partial charge in [-0.2, -0.15) is 0 Å². The third kappa shape index (κ3) is 4.80. The van der Waals surface area contributed by atoms with Gasteiger partial charge < -0.3 is 9.88 Å². The molecule has 2 aromatic heterocycles. The lowest BCUT2D eigenvalue weighted by atomic mass is 10.3. The van der Waals surface area contributed by atoms with Gasteiger partial charge in [-0.25, -0.2) is 0 Å². The first-order valence-corrected chi connectivity index (χ1v) is 9.66. The quantitative estimate of drug-likeness (QED) is 0.483. The van der Waals surface area contributed by atoms with Crippen LogP contribution >= 0.6 is 23.1 Å². The van der Waals surface area contributed by atoms with Crippen LogP contribution < -0.4 is 5.32 Å². The lowest BCUT2D eigenvalue weighted by molar-refractivity contribution is -0.113. The van der Waals surface area contributed by atoms with Crippen molar-refractivity contribution in [1.29, 1.82) is 0 Å². The molecule has 0 saturated carbocycles. The highest BCUT2D eigenvalue weighted by Crippen LogP contribution is 2.21. The van der Waals surface area contributed by atoms with Gasteiger partial charge in [0, 0.05) is 23.5 Å². The molecule has 128 valence electrons. The van der Waals surface area contributed by atoms with E-state index in [0.717, 1.165) is 23.1 Å². The zero-order valence-electron chi connectivity index (χ0n) is 13.6. The second kappa shape index (κ2) is 8.64. The van der Waals surface area contributed by atoms with Gasteiger partial charge >= 0.3 is 0 Å². The van der Waals surface area contributed by atoms with Crippen molar-refractivity contribution in [3.05, 3.63) is 71.2 Å². The fourth-order valence-corrected chi connectivity index (χ4v) is 3.75. The van der Waals surface area contributed by atoms with Crippen molar-refractivity contribution < 1.29 is 4.79 Å². The summed E-state index contributed by atoms with van der Waals surface area (Å²) in [5.74, 6) is 1.10. The largest absolute Gasteiger partial charge is 0.325 e. The monoisotopic (exact) mass is 370 g/mol. The number of nitrogens with zero attached hydrogens (tertiary/aromatic N) is 3. The Hall–Kier alpha value is -2.38. The highest BCUT2D eigenvalue weighted by molar-refractivity contribution is 7.99. The van der Waals surface area contributed by atoms with Crippen molar-refractivity contribution in [3.63, 3.8) is 0 Å². The van der Waals surface area contributed by atoms with Crippen molar-refractivity contribution in [3.8, 4) is 0 Å². The molecule has 1 amide bonds. The summed E-state index contributed by atoms with van der Waals surface area (Å²) >= 11 is 3.08. The molecule has 25 heavy (non-hydrogen) atoms. The molecule has 0 radical (unpaired) electrons. The number of amides is 1. The Kier molecular flexibility index (Phi) is 6.03. The molecule has 3 aromatic rings. The van der Waals surface area contributed by atoms with Crippen LogP contribution in [0, 0.1) is 0 Å². The highest BCUT2D eigenvalue weighted by Gasteiger charge is 2.14. The third-order valence-corrected chi connectivity index (χ3v) is 5.25. The van der Waals surface area contributed by atoms with Gasteiger partial charge in [0.05, 0.1) is 5.75 Å². The number of anilines is 1. The van der Waals surface area contributed by atoms with Crippen LogP contribution in [0.3, 0.4) is 0 Å². The first-order valence-electron chi connectivity index (χ1n) is 7.79. The fourth-order valence-electron chi connectivity index (χ4n) is 2.29. The van der Waals surface area contributed by atoms with E-state index in [4.69, 9.17) is 0 Å². The molecule has 3 rings (SSSR count). The van der Waals surface area contributed by atoms with Crippen molar-refractivity contribution in [1.82, 2.24) is 14.8 Å². The average Bonchev–Trinajstić information content (AvgIpc) is 3.26. The molecule has 0 spiro atoms. The Bertz CT molecular complexity index is 828. The van der Waals surface area contributed by atoms with Gasteiger partial charge in [0.1, 0.15) is 5.82 Å². The number of aromatic nitrogens is 3. The molecular weight excluding hydrogens is 352 g/mol. The molecule has 0 aliphatic heterocycles. The number of hydrogen-bond donors (Lipinski definition) is 1. The summed E-state index contributed by atoms with van der Waals surface area (Å²) in [6.07, 6.45) is 2.55. The maximum atomic E-state index is 12.1. The number of carbonyl (C=O) groups excluding carboxylic acids is 1. The van der Waals surface area contributed by atoms with Crippen LogP contribution in [0.5, 0.6) is 0 Å². The minimum atomic E-state index is -0.0656. The molecule has 1 N–H and O–H groups in total. The van der Waals surface area contributed by atoms with E-state index in [1.54, 1.807) is 11.3 Å². The predicted molar refractivity (Wildman–Crippen MR) is 103 cm³/mol. The number of rotatable bonds is 8. The number of carbonyl (C=O) groups is 1. The van der Waals surface area contributed by atoms with Gasteiger partial charge in [-0.05, 0) is 23.6 Å². The van der Waals surface area contributed by atoms with Crippen molar-refractivity contribution >= 4 is 34.7 Å². The topological polar surface area (TPSA) is 59.8 Å². The van der Waals surface area contributed by atoms with Crippen molar-refractivity contribution in [2.75, 3.05) is 11.1 Å². The van der Waals surface area contributed by atoms with Gasteiger partial charge in [0.15, 0.2) is 5.16 Å². The van der Waals surface area contributed by atoms with E-state index in [1.165, 1.54) is 16.6 Å². The molecule has 0 saturated heterocycles. The summed E-state index contributed by atoms with van der Waals surface area (Å²) in [6, 6.07) is 13.5. The Labute approximate surface area is 154 Å². The summed E-state index contributed by atoms with van der Waals surface area (Å²) in [5, 5.41) is 14.2. The standard InChI is InChI=1S/C18H18N4OS2/c1-2-10-22-16(12-15-9-6-11-24-15)20-21-18(22)25-13-17(23)19-14-7-4-3-5-8-14/h2-9,11H,1,10,12-13H2,(H,19,23). The Morgan fingerprint density at radius 1 is 1.24 bits per heavy atom. The summed E-state index contributed by atoms with van der Waals surface area (Å²) in [6.45, 7) is 4.42. The van der Waals surface area contributed by atoms with Crippen LogP contribution in [0.15, 0.2) is 65.7 Å². The first kappa shape index (κ1) is 17.4. The Morgan fingerprint density at radius 3 is 2.80 bits per heavy atom. The second-order valence-corrected chi connectivity index (χ2v) is 7.23. The number of para-hydroxylation sites is 1. The number of benzene rings is 1. The van der Waals surface area contributed by atoms with Crippen LogP contribution in [-0.2, 0) is 17.8 Å². The van der Waals surface area contributed by atoms with Crippen LogP contribution in [0.4, 0.5) is 5.69 Å². The van der Waals surface area contributed by atoms with Gasteiger partial charge in [0.25, 0.3) is 0 Å². The van der Waals surface area contributed by atoms with Crippen molar-refractivity contribution in [2.24, 2.45) is 0 Å². The molecular formula is C18H18N4OS2. The molecule has 1 aromatic carbocycles. The smallest absolute Gasteiger partial charge is 0.234 e. The van der Waals surface area contributed by atoms with Crippen LogP contribution in [0.2, 0.25) is 0 Å². The first-order chi connectivity index (χ1) is 12.3. The average molecular weight is 371 g/mol. The molecule has 5 nitrogen and oxygen atoms in total. The van der Waals surface area contributed by atoms with E-state index in [9.17, 15) is 4.79 Å². The van der Waals surface area contributed by atoms with Gasteiger partial charge in [-0.1, -0.05) is 42.1 Å². The number of allylic oxidation sites excluding steroid dienone is 1. The van der Waals surface area contributed by atoms with E-state index in [0.29, 0.717) is 6.54 Å². The maximum Gasteiger partial charge on any atom is 0.234 e. The van der Waals surface area contributed by atoms with Crippen LogP contribution in [-0.4, -0.2) is 26.4 Å². The molecule has 0 atom stereocenters. The molecule has 2 heterocycles. The highest BCUT2D eigenvalue weighted by atomic mass is 32.2. The molecule has 0 aliphatic rings. The summed E-state index contributed by atoms with van der Waals surface area (Å²) in [4.78, 5) is 13.3. The minimum Gasteiger partial charge on any atom is -0.325 e. The maximum absolute atomic E-state index is 12.1. The summed E-state index contributed by atoms with van der Waals surface area (Å²) in [7, 11) is 0. The van der Waals surface area contributed by atoms with Crippen LogP contribution in [0.25, 0.3) is 0 Å². The fraction of sp³-hybridized carbons (Fsp3) is 0.167. The van der Waals surface area contributed by atoms with E-state index < -0.39 is 0 Å². The zero-order chi connectivity index (χ0) is 17.5. The summed E-state index contributed by atoms with van der Waals surface area (Å²) in [5.41, 5.74) is 0.791.